The summed E-state index contributed by atoms with van der Waals surface area (Å²) < 4.78 is 5.27. The van der Waals surface area contributed by atoms with Crippen molar-refractivity contribution in [2.45, 2.75) is 40.2 Å². The quantitative estimate of drug-likeness (QED) is 0.757. The summed E-state index contributed by atoms with van der Waals surface area (Å²) in [5.41, 5.74) is 1.13. The Morgan fingerprint density at radius 2 is 1.89 bits per heavy atom. The zero-order valence-corrected chi connectivity index (χ0v) is 12.7. The molecule has 5 nitrogen and oxygen atoms in total. The highest BCUT2D eigenvalue weighted by molar-refractivity contribution is 5.57. The Morgan fingerprint density at radius 1 is 1.21 bits per heavy atom. The van der Waals surface area contributed by atoms with Gasteiger partial charge in [0.15, 0.2) is 0 Å². The molecule has 0 aliphatic heterocycles. The number of anilines is 2. The third kappa shape index (κ3) is 4.35. The van der Waals surface area contributed by atoms with Crippen molar-refractivity contribution in [1.29, 1.82) is 0 Å². The topological polar surface area (TPSA) is 59.1 Å². The van der Waals surface area contributed by atoms with Gasteiger partial charge in [0.05, 0.1) is 12.6 Å². The lowest BCUT2D eigenvalue weighted by atomic mass is 10.0. The van der Waals surface area contributed by atoms with Crippen molar-refractivity contribution in [3.63, 3.8) is 0 Å². The SMILES string of the molecule is CCNc1ncnc(NC(COC)C(C)C)c1CC. The molecule has 1 atom stereocenters. The third-order valence-electron chi connectivity index (χ3n) is 3.12. The van der Waals surface area contributed by atoms with Crippen LogP contribution in [0, 0.1) is 5.92 Å². The molecule has 2 N–H and O–H groups in total. The highest BCUT2D eigenvalue weighted by atomic mass is 16.5. The van der Waals surface area contributed by atoms with Crippen LogP contribution in [0.5, 0.6) is 0 Å². The molecule has 1 heterocycles. The molecule has 108 valence electrons. The van der Waals surface area contributed by atoms with Crippen LogP contribution in [0.1, 0.15) is 33.3 Å². The van der Waals surface area contributed by atoms with Crippen molar-refractivity contribution in [1.82, 2.24) is 9.97 Å². The van der Waals surface area contributed by atoms with E-state index in [1.807, 2.05) is 0 Å². The van der Waals surface area contributed by atoms with E-state index < -0.39 is 0 Å². The second-order valence-electron chi connectivity index (χ2n) is 4.88. The van der Waals surface area contributed by atoms with Gasteiger partial charge in [0.2, 0.25) is 0 Å². The van der Waals surface area contributed by atoms with Gasteiger partial charge in [-0.05, 0) is 19.3 Å². The van der Waals surface area contributed by atoms with Crippen LogP contribution in [0.25, 0.3) is 0 Å². The van der Waals surface area contributed by atoms with E-state index in [1.165, 1.54) is 0 Å². The number of aromatic nitrogens is 2. The Labute approximate surface area is 116 Å². The van der Waals surface area contributed by atoms with E-state index in [-0.39, 0.29) is 6.04 Å². The minimum atomic E-state index is 0.250. The van der Waals surface area contributed by atoms with Crippen molar-refractivity contribution < 1.29 is 4.74 Å². The maximum atomic E-state index is 5.27. The van der Waals surface area contributed by atoms with Crippen molar-refractivity contribution >= 4 is 11.6 Å². The summed E-state index contributed by atoms with van der Waals surface area (Å²) in [4.78, 5) is 8.68. The van der Waals surface area contributed by atoms with Gasteiger partial charge in [0.1, 0.15) is 18.0 Å². The normalized spacial score (nSPS) is 12.5. The summed E-state index contributed by atoms with van der Waals surface area (Å²) in [6, 6.07) is 0.250. The summed E-state index contributed by atoms with van der Waals surface area (Å²) in [7, 11) is 1.72. The summed E-state index contributed by atoms with van der Waals surface area (Å²) in [6.07, 6.45) is 2.49. The van der Waals surface area contributed by atoms with Crippen molar-refractivity contribution in [2.75, 3.05) is 30.9 Å². The van der Waals surface area contributed by atoms with E-state index in [1.54, 1.807) is 13.4 Å². The number of hydrogen-bond acceptors (Lipinski definition) is 5. The minimum absolute atomic E-state index is 0.250. The molecule has 0 radical (unpaired) electrons. The molecule has 5 heteroatoms. The van der Waals surface area contributed by atoms with E-state index in [4.69, 9.17) is 4.74 Å². The lowest BCUT2D eigenvalue weighted by molar-refractivity contribution is 0.171. The minimum Gasteiger partial charge on any atom is -0.383 e. The maximum absolute atomic E-state index is 5.27. The van der Waals surface area contributed by atoms with Crippen LogP contribution in [0.2, 0.25) is 0 Å². The lowest BCUT2D eigenvalue weighted by Gasteiger charge is -2.24. The van der Waals surface area contributed by atoms with E-state index in [9.17, 15) is 0 Å². The van der Waals surface area contributed by atoms with Gasteiger partial charge in [0, 0.05) is 19.2 Å². The first-order valence-electron chi connectivity index (χ1n) is 6.97. The molecule has 0 saturated heterocycles. The smallest absolute Gasteiger partial charge is 0.135 e. The lowest BCUT2D eigenvalue weighted by Crippen LogP contribution is -2.31. The highest BCUT2D eigenvalue weighted by Gasteiger charge is 2.17. The van der Waals surface area contributed by atoms with Crippen molar-refractivity contribution in [2.24, 2.45) is 5.92 Å². The first-order chi connectivity index (χ1) is 9.13. The van der Waals surface area contributed by atoms with Gasteiger partial charge in [0.25, 0.3) is 0 Å². The Morgan fingerprint density at radius 3 is 2.42 bits per heavy atom. The van der Waals surface area contributed by atoms with Gasteiger partial charge in [-0.2, -0.15) is 0 Å². The largest absolute Gasteiger partial charge is 0.383 e. The zero-order valence-electron chi connectivity index (χ0n) is 12.7. The van der Waals surface area contributed by atoms with Gasteiger partial charge in [-0.1, -0.05) is 20.8 Å². The fourth-order valence-corrected chi connectivity index (χ4v) is 1.95. The van der Waals surface area contributed by atoms with Crippen LogP contribution in [0.15, 0.2) is 6.33 Å². The predicted molar refractivity (Wildman–Crippen MR) is 79.7 cm³/mol. The van der Waals surface area contributed by atoms with Crippen LogP contribution in [0.4, 0.5) is 11.6 Å². The second kappa shape index (κ2) is 7.94. The van der Waals surface area contributed by atoms with Crippen molar-refractivity contribution in [3.8, 4) is 0 Å². The molecule has 0 saturated carbocycles. The van der Waals surface area contributed by atoms with Crippen LogP contribution in [0.3, 0.4) is 0 Å². The highest BCUT2D eigenvalue weighted by Crippen LogP contribution is 2.22. The molecule has 1 aromatic rings. The molecular weight excluding hydrogens is 240 g/mol. The molecule has 0 aliphatic carbocycles. The third-order valence-corrected chi connectivity index (χ3v) is 3.12. The van der Waals surface area contributed by atoms with E-state index in [0.29, 0.717) is 12.5 Å². The van der Waals surface area contributed by atoms with Gasteiger partial charge in [-0.3, -0.25) is 0 Å². The summed E-state index contributed by atoms with van der Waals surface area (Å²) in [6.45, 7) is 10.1. The Bertz CT molecular complexity index is 382. The average molecular weight is 266 g/mol. The van der Waals surface area contributed by atoms with Crippen LogP contribution in [-0.2, 0) is 11.2 Å². The van der Waals surface area contributed by atoms with Crippen LogP contribution >= 0.6 is 0 Å². The van der Waals surface area contributed by atoms with Gasteiger partial charge in [-0.25, -0.2) is 9.97 Å². The van der Waals surface area contributed by atoms with Crippen molar-refractivity contribution in [3.05, 3.63) is 11.9 Å². The zero-order chi connectivity index (χ0) is 14.3. The molecular formula is C14H26N4O. The Balaban J connectivity index is 2.95. The summed E-state index contributed by atoms with van der Waals surface area (Å²) in [5.74, 6) is 2.30. The first-order valence-corrected chi connectivity index (χ1v) is 6.97. The molecule has 1 rings (SSSR count). The fourth-order valence-electron chi connectivity index (χ4n) is 1.95. The number of rotatable bonds is 8. The summed E-state index contributed by atoms with van der Waals surface area (Å²) >= 11 is 0. The van der Waals surface area contributed by atoms with Crippen LogP contribution < -0.4 is 10.6 Å². The maximum Gasteiger partial charge on any atom is 0.135 e. The molecule has 0 bridgehead atoms. The fraction of sp³-hybridized carbons (Fsp3) is 0.714. The molecule has 19 heavy (non-hydrogen) atoms. The molecule has 1 aromatic heterocycles. The molecule has 0 spiro atoms. The average Bonchev–Trinajstić information content (AvgIpc) is 2.38. The van der Waals surface area contributed by atoms with Gasteiger partial charge >= 0.3 is 0 Å². The first kappa shape index (κ1) is 15.7. The Hall–Kier alpha value is -1.36. The molecule has 0 aliphatic rings. The molecule has 0 amide bonds. The number of nitrogens with zero attached hydrogens (tertiary/aromatic N) is 2. The standard InChI is InChI=1S/C14H26N4O/c1-6-11-13(15-7-2)16-9-17-14(11)18-12(8-19-5)10(3)4/h9-10,12H,6-8H2,1-5H3,(H2,15,16,17,18). The summed E-state index contributed by atoms with van der Waals surface area (Å²) in [5, 5.41) is 6.76. The molecule has 0 fully saturated rings. The van der Waals surface area contributed by atoms with E-state index >= 15 is 0 Å². The van der Waals surface area contributed by atoms with Crippen LogP contribution in [-0.4, -0.2) is 36.3 Å². The van der Waals surface area contributed by atoms with Gasteiger partial charge in [-0.15, -0.1) is 0 Å². The Kier molecular flexibility index (Phi) is 6.56. The second-order valence-corrected chi connectivity index (χ2v) is 4.88. The van der Waals surface area contributed by atoms with E-state index in [2.05, 4.69) is 48.3 Å². The molecule has 0 aromatic carbocycles. The van der Waals surface area contributed by atoms with Gasteiger partial charge < -0.3 is 15.4 Å². The number of ether oxygens (including phenoxy) is 1. The number of methoxy groups -OCH3 is 1. The molecule has 1 unspecified atom stereocenters. The van der Waals surface area contributed by atoms with E-state index in [0.717, 1.165) is 30.2 Å². The monoisotopic (exact) mass is 266 g/mol. The number of hydrogen-bond donors (Lipinski definition) is 2. The predicted octanol–water partition coefficient (Wildman–Crippen LogP) is 2.55. The number of nitrogens with one attached hydrogen (secondary N) is 2.